The van der Waals surface area contributed by atoms with E-state index in [1.165, 1.54) is 6.92 Å². The smallest absolute Gasteiger partial charge is 0.272 e. The molecule has 0 spiro atoms. The number of nitrogens with zero attached hydrogens (tertiary/aromatic N) is 4. The topological polar surface area (TPSA) is 113 Å². The van der Waals surface area contributed by atoms with Gasteiger partial charge in [-0.25, -0.2) is 9.49 Å². The fraction of sp³-hybridized carbons (Fsp3) is 0.200. The van der Waals surface area contributed by atoms with Crippen molar-refractivity contribution in [3.8, 4) is 17.2 Å². The molecule has 1 unspecified atom stereocenters. The van der Waals surface area contributed by atoms with Crippen LogP contribution in [0.5, 0.6) is 0 Å². The standard InChI is InChI=1S/C25H21FN6O/c1-25(26)10-15-5-3-4-6-16(15)19(11-27)22(25)23-20(13-29-32(23)2)14-7-8-17-18(9-14)21(12-28)30-31-24(17)33/h3-9,13H,10,12,28H2,1-2H3,(H,31,33). The van der Waals surface area contributed by atoms with Gasteiger partial charge in [-0.15, -0.1) is 0 Å². The van der Waals surface area contributed by atoms with Gasteiger partial charge in [0.05, 0.1) is 28.5 Å². The maximum Gasteiger partial charge on any atom is 0.272 e. The van der Waals surface area contributed by atoms with Gasteiger partial charge < -0.3 is 5.73 Å². The number of rotatable bonds is 3. The average Bonchev–Trinajstić information content (AvgIpc) is 3.18. The Morgan fingerprint density at radius 3 is 2.79 bits per heavy atom. The number of halogens is 1. The molecule has 0 radical (unpaired) electrons. The SMILES string of the molecule is Cn1ncc(-c2ccc3c(=O)[nH]nc(CN)c3c2)c1C1=C(C#N)c2ccccc2CC1(C)F. The second-order valence-electron chi connectivity index (χ2n) is 8.39. The zero-order chi connectivity index (χ0) is 23.3. The quantitative estimate of drug-likeness (QED) is 0.506. The predicted molar refractivity (Wildman–Crippen MR) is 125 cm³/mol. The number of nitriles is 1. The number of aromatic amines is 1. The molecule has 8 heteroatoms. The van der Waals surface area contributed by atoms with Crippen molar-refractivity contribution in [2.75, 3.05) is 0 Å². The van der Waals surface area contributed by atoms with E-state index in [9.17, 15) is 10.1 Å². The Morgan fingerprint density at radius 2 is 2.03 bits per heavy atom. The predicted octanol–water partition coefficient (Wildman–Crippen LogP) is 3.50. The van der Waals surface area contributed by atoms with Crippen molar-refractivity contribution in [1.29, 1.82) is 5.26 Å². The molecular formula is C25H21FN6O. The van der Waals surface area contributed by atoms with Gasteiger partial charge in [-0.3, -0.25) is 9.48 Å². The van der Waals surface area contributed by atoms with Crippen molar-refractivity contribution in [2.24, 2.45) is 12.8 Å². The number of aryl methyl sites for hydroxylation is 1. The van der Waals surface area contributed by atoms with Gasteiger partial charge >= 0.3 is 0 Å². The molecule has 1 aliphatic rings. The van der Waals surface area contributed by atoms with Gasteiger partial charge in [-0.2, -0.15) is 15.5 Å². The van der Waals surface area contributed by atoms with Gasteiger partial charge in [0.1, 0.15) is 11.7 Å². The van der Waals surface area contributed by atoms with Gasteiger partial charge in [0, 0.05) is 36.5 Å². The number of nitrogens with two attached hydrogens (primary N) is 1. The maximum atomic E-state index is 16.2. The lowest BCUT2D eigenvalue weighted by Gasteiger charge is -2.32. The van der Waals surface area contributed by atoms with Crippen LogP contribution in [0.25, 0.3) is 33.0 Å². The minimum Gasteiger partial charge on any atom is -0.325 e. The number of hydrogen-bond donors (Lipinski definition) is 2. The first-order chi connectivity index (χ1) is 15.9. The Labute approximate surface area is 189 Å². The molecule has 0 bridgehead atoms. The summed E-state index contributed by atoms with van der Waals surface area (Å²) >= 11 is 0. The number of nitrogens with one attached hydrogen (secondary N) is 1. The van der Waals surface area contributed by atoms with Crippen LogP contribution in [0.2, 0.25) is 0 Å². The van der Waals surface area contributed by atoms with Crippen molar-refractivity contribution in [3.05, 3.63) is 81.5 Å². The van der Waals surface area contributed by atoms with E-state index < -0.39 is 5.67 Å². The van der Waals surface area contributed by atoms with Crippen molar-refractivity contribution in [1.82, 2.24) is 20.0 Å². The molecule has 0 amide bonds. The Balaban J connectivity index is 1.81. The van der Waals surface area contributed by atoms with Crippen LogP contribution < -0.4 is 11.3 Å². The Morgan fingerprint density at radius 1 is 1.24 bits per heavy atom. The molecule has 0 saturated heterocycles. The average molecular weight is 440 g/mol. The van der Waals surface area contributed by atoms with Crippen molar-refractivity contribution >= 4 is 21.9 Å². The van der Waals surface area contributed by atoms with Crippen molar-refractivity contribution < 1.29 is 4.39 Å². The van der Waals surface area contributed by atoms with Gasteiger partial charge in [-0.05, 0) is 35.7 Å². The summed E-state index contributed by atoms with van der Waals surface area (Å²) in [6.45, 7) is 1.66. The van der Waals surface area contributed by atoms with E-state index >= 15 is 4.39 Å². The Kier molecular flexibility index (Phi) is 4.73. The summed E-state index contributed by atoms with van der Waals surface area (Å²) < 4.78 is 17.8. The second kappa shape index (κ2) is 7.50. The molecule has 164 valence electrons. The first-order valence-corrected chi connectivity index (χ1v) is 10.5. The maximum absolute atomic E-state index is 16.2. The van der Waals surface area contributed by atoms with Gasteiger partial charge in [0.2, 0.25) is 0 Å². The summed E-state index contributed by atoms with van der Waals surface area (Å²) in [6, 6.07) is 15.0. The largest absolute Gasteiger partial charge is 0.325 e. The molecule has 3 N–H and O–H groups in total. The van der Waals surface area contributed by atoms with E-state index in [2.05, 4.69) is 21.4 Å². The highest BCUT2D eigenvalue weighted by molar-refractivity contribution is 6.04. The monoisotopic (exact) mass is 440 g/mol. The highest BCUT2D eigenvalue weighted by Crippen LogP contribution is 2.47. The molecule has 0 saturated carbocycles. The minimum absolute atomic E-state index is 0.152. The summed E-state index contributed by atoms with van der Waals surface area (Å²) in [5.74, 6) is 0. The van der Waals surface area contributed by atoms with Gasteiger partial charge in [0.25, 0.3) is 5.56 Å². The van der Waals surface area contributed by atoms with E-state index in [4.69, 9.17) is 5.73 Å². The molecule has 1 atom stereocenters. The zero-order valence-corrected chi connectivity index (χ0v) is 18.2. The van der Waals surface area contributed by atoms with Crippen LogP contribution in [-0.2, 0) is 20.0 Å². The first-order valence-electron chi connectivity index (χ1n) is 10.5. The molecular weight excluding hydrogens is 419 g/mol. The van der Waals surface area contributed by atoms with Crippen LogP contribution in [0.4, 0.5) is 4.39 Å². The number of benzene rings is 2. The molecule has 2 heterocycles. The third-order valence-electron chi connectivity index (χ3n) is 6.24. The molecule has 2 aromatic heterocycles. The summed E-state index contributed by atoms with van der Waals surface area (Å²) in [5.41, 5.74) is 8.35. The van der Waals surface area contributed by atoms with Gasteiger partial charge in [0.15, 0.2) is 0 Å². The highest BCUT2D eigenvalue weighted by atomic mass is 19.1. The fourth-order valence-corrected chi connectivity index (χ4v) is 4.73. The molecule has 2 aromatic carbocycles. The third kappa shape index (κ3) is 3.17. The number of hydrogen-bond acceptors (Lipinski definition) is 5. The molecule has 5 rings (SSSR count). The summed E-state index contributed by atoms with van der Waals surface area (Å²) in [4.78, 5) is 12.2. The van der Waals surface area contributed by atoms with Crippen LogP contribution in [0.1, 0.15) is 29.4 Å². The molecule has 0 fully saturated rings. The van der Waals surface area contributed by atoms with Crippen LogP contribution >= 0.6 is 0 Å². The van der Waals surface area contributed by atoms with E-state index in [1.54, 1.807) is 30.1 Å². The molecule has 1 aliphatic carbocycles. The van der Waals surface area contributed by atoms with Crippen molar-refractivity contribution in [2.45, 2.75) is 25.6 Å². The third-order valence-corrected chi connectivity index (χ3v) is 6.24. The van der Waals surface area contributed by atoms with Crippen LogP contribution in [-0.4, -0.2) is 25.6 Å². The lowest BCUT2D eigenvalue weighted by Crippen LogP contribution is -2.30. The number of H-pyrrole nitrogens is 1. The van der Waals surface area contributed by atoms with Crippen LogP contribution in [0.3, 0.4) is 0 Å². The molecule has 33 heavy (non-hydrogen) atoms. The zero-order valence-electron chi connectivity index (χ0n) is 18.2. The summed E-state index contributed by atoms with van der Waals surface area (Å²) in [5, 5.41) is 22.1. The fourth-order valence-electron chi connectivity index (χ4n) is 4.73. The summed E-state index contributed by atoms with van der Waals surface area (Å²) in [7, 11) is 1.73. The Hall–Kier alpha value is -4.09. The highest BCUT2D eigenvalue weighted by Gasteiger charge is 2.40. The second-order valence-corrected chi connectivity index (χ2v) is 8.39. The van der Waals surface area contributed by atoms with E-state index in [1.807, 2.05) is 30.3 Å². The normalized spacial score (nSPS) is 17.8. The van der Waals surface area contributed by atoms with Crippen molar-refractivity contribution in [3.63, 3.8) is 0 Å². The van der Waals surface area contributed by atoms with E-state index in [0.717, 1.165) is 16.7 Å². The molecule has 7 nitrogen and oxygen atoms in total. The van der Waals surface area contributed by atoms with E-state index in [-0.39, 0.29) is 18.5 Å². The van der Waals surface area contributed by atoms with Crippen LogP contribution in [0.15, 0.2) is 53.5 Å². The lowest BCUT2D eigenvalue weighted by molar-refractivity contribution is 0.267. The Bertz CT molecular complexity index is 1550. The number of alkyl halides is 1. The van der Waals surface area contributed by atoms with Gasteiger partial charge in [-0.1, -0.05) is 30.3 Å². The number of allylic oxidation sites excluding steroid dienone is 2. The minimum atomic E-state index is -1.78. The summed E-state index contributed by atoms with van der Waals surface area (Å²) in [6.07, 6.45) is 1.81. The number of aromatic nitrogens is 4. The lowest BCUT2D eigenvalue weighted by atomic mass is 9.75. The number of fused-ring (bicyclic) bond motifs is 2. The van der Waals surface area contributed by atoms with E-state index in [0.29, 0.717) is 38.9 Å². The first kappa shape index (κ1) is 20.8. The van der Waals surface area contributed by atoms with Crippen LogP contribution in [0, 0.1) is 11.3 Å². The molecule has 0 aliphatic heterocycles. The molecule has 4 aromatic rings.